The number of esters is 1. The van der Waals surface area contributed by atoms with Crippen LogP contribution >= 0.6 is 11.3 Å². The molecule has 0 aliphatic heterocycles. The molecule has 1 amide bonds. The minimum Gasteiger partial charge on any atom is -0.453 e. The zero-order valence-corrected chi connectivity index (χ0v) is 14.2. The van der Waals surface area contributed by atoms with E-state index in [9.17, 15) is 18.4 Å². The first-order valence-corrected chi connectivity index (χ1v) is 8.45. The van der Waals surface area contributed by atoms with Crippen molar-refractivity contribution in [3.63, 3.8) is 0 Å². The van der Waals surface area contributed by atoms with Crippen molar-refractivity contribution >= 4 is 28.9 Å². The van der Waals surface area contributed by atoms with Gasteiger partial charge in [-0.2, -0.15) is 20.1 Å². The molecule has 1 aromatic heterocycles. The Labute approximate surface area is 147 Å². The van der Waals surface area contributed by atoms with Gasteiger partial charge in [-0.3, -0.25) is 9.59 Å². The van der Waals surface area contributed by atoms with Gasteiger partial charge in [0, 0.05) is 6.42 Å². The summed E-state index contributed by atoms with van der Waals surface area (Å²) in [7, 11) is 0. The number of carbonyl (C=O) groups excluding carboxylic acids is 2. The third-order valence-electron chi connectivity index (χ3n) is 3.24. The van der Waals surface area contributed by atoms with Crippen molar-refractivity contribution in [3.05, 3.63) is 46.7 Å². The van der Waals surface area contributed by atoms with Crippen molar-refractivity contribution in [1.82, 2.24) is 0 Å². The highest BCUT2D eigenvalue weighted by molar-refractivity contribution is 7.07. The lowest BCUT2D eigenvalue weighted by Gasteiger charge is -2.15. The van der Waals surface area contributed by atoms with Crippen LogP contribution in [0.25, 0.3) is 0 Å². The first-order chi connectivity index (χ1) is 12.0. The number of nitrogens with one attached hydrogen (secondary N) is 1. The van der Waals surface area contributed by atoms with E-state index in [1.54, 1.807) is 6.07 Å². The maximum Gasteiger partial charge on any atom is 0.387 e. The lowest BCUT2D eigenvalue weighted by molar-refractivity contribution is -0.153. The first-order valence-electron chi connectivity index (χ1n) is 7.51. The van der Waals surface area contributed by atoms with Crippen molar-refractivity contribution in [2.45, 2.75) is 32.5 Å². The Morgan fingerprint density at radius 3 is 2.68 bits per heavy atom. The summed E-state index contributed by atoms with van der Waals surface area (Å²) in [5, 5.41) is 6.26. The molecule has 25 heavy (non-hydrogen) atoms. The molecular weight excluding hydrogens is 352 g/mol. The van der Waals surface area contributed by atoms with Crippen molar-refractivity contribution in [1.29, 1.82) is 0 Å². The van der Waals surface area contributed by atoms with Crippen molar-refractivity contribution in [2.75, 3.05) is 5.32 Å². The number of anilines is 1. The molecular formula is C17H17F2NO4S. The van der Waals surface area contributed by atoms with E-state index in [2.05, 4.69) is 10.1 Å². The highest BCUT2D eigenvalue weighted by Crippen LogP contribution is 2.25. The maximum absolute atomic E-state index is 12.4. The summed E-state index contributed by atoms with van der Waals surface area (Å²) in [4.78, 5) is 23.9. The zero-order valence-electron chi connectivity index (χ0n) is 13.4. The number of ether oxygens (including phenoxy) is 2. The predicted octanol–water partition coefficient (Wildman–Crippen LogP) is 3.85. The number of amides is 1. The molecule has 0 aliphatic rings. The SMILES string of the molecule is C[C@H](OC(=O)CCc1ccsc1)C(=O)Nc1ccccc1OC(F)F. The van der Waals surface area contributed by atoms with E-state index in [1.807, 2.05) is 16.8 Å². The molecule has 1 aromatic carbocycles. The molecule has 0 bridgehead atoms. The fourth-order valence-electron chi connectivity index (χ4n) is 1.99. The number of aryl methyl sites for hydroxylation is 1. The van der Waals surface area contributed by atoms with E-state index in [-0.39, 0.29) is 17.9 Å². The van der Waals surface area contributed by atoms with Gasteiger partial charge in [-0.1, -0.05) is 12.1 Å². The molecule has 0 spiro atoms. The molecule has 0 aliphatic carbocycles. The van der Waals surface area contributed by atoms with E-state index in [0.29, 0.717) is 6.42 Å². The predicted molar refractivity (Wildman–Crippen MR) is 89.9 cm³/mol. The van der Waals surface area contributed by atoms with Gasteiger partial charge in [0.2, 0.25) is 0 Å². The normalized spacial score (nSPS) is 11.8. The van der Waals surface area contributed by atoms with Crippen molar-refractivity contribution < 1.29 is 27.8 Å². The molecule has 1 atom stereocenters. The monoisotopic (exact) mass is 369 g/mol. The molecule has 1 heterocycles. The molecule has 134 valence electrons. The Balaban J connectivity index is 1.86. The third-order valence-corrected chi connectivity index (χ3v) is 3.97. The molecule has 5 nitrogen and oxygen atoms in total. The number of alkyl halides is 2. The van der Waals surface area contributed by atoms with E-state index in [0.717, 1.165) is 5.56 Å². The summed E-state index contributed by atoms with van der Waals surface area (Å²) < 4.78 is 34.1. The first kappa shape index (κ1) is 18.9. The molecule has 0 saturated heterocycles. The Bertz CT molecular complexity index is 706. The summed E-state index contributed by atoms with van der Waals surface area (Å²) in [6, 6.07) is 7.70. The van der Waals surface area contributed by atoms with Crippen LogP contribution < -0.4 is 10.1 Å². The van der Waals surface area contributed by atoms with E-state index >= 15 is 0 Å². The highest BCUT2D eigenvalue weighted by atomic mass is 32.1. The zero-order chi connectivity index (χ0) is 18.2. The average Bonchev–Trinajstić information content (AvgIpc) is 3.07. The average molecular weight is 369 g/mol. The number of thiophene rings is 1. The summed E-state index contributed by atoms with van der Waals surface area (Å²) in [6.45, 7) is -1.60. The topological polar surface area (TPSA) is 64.6 Å². The summed E-state index contributed by atoms with van der Waals surface area (Å²) >= 11 is 1.54. The third kappa shape index (κ3) is 6.15. The number of hydrogen-bond donors (Lipinski definition) is 1. The van der Waals surface area contributed by atoms with Crippen LogP contribution in [-0.4, -0.2) is 24.6 Å². The highest BCUT2D eigenvalue weighted by Gasteiger charge is 2.20. The molecule has 2 rings (SSSR count). The maximum atomic E-state index is 12.4. The number of rotatable bonds is 8. The molecule has 0 fully saturated rings. The van der Waals surface area contributed by atoms with Gasteiger partial charge in [0.15, 0.2) is 6.10 Å². The van der Waals surface area contributed by atoms with E-state index < -0.39 is 24.6 Å². The minimum absolute atomic E-state index is 0.0778. The summed E-state index contributed by atoms with van der Waals surface area (Å²) in [5.74, 6) is -1.30. The van der Waals surface area contributed by atoms with Crippen LogP contribution in [0, 0.1) is 0 Å². The van der Waals surface area contributed by atoms with Gasteiger partial charge in [0.25, 0.3) is 5.91 Å². The van der Waals surface area contributed by atoms with Gasteiger partial charge in [-0.25, -0.2) is 0 Å². The quantitative estimate of drug-likeness (QED) is 0.718. The van der Waals surface area contributed by atoms with Crippen LogP contribution in [0.4, 0.5) is 14.5 Å². The van der Waals surface area contributed by atoms with Gasteiger partial charge in [-0.05, 0) is 47.9 Å². The second-order valence-electron chi connectivity index (χ2n) is 5.13. The largest absolute Gasteiger partial charge is 0.453 e. The number of hydrogen-bond acceptors (Lipinski definition) is 5. The van der Waals surface area contributed by atoms with Gasteiger partial charge in [0.1, 0.15) is 5.75 Å². The Morgan fingerprint density at radius 2 is 2.00 bits per heavy atom. The van der Waals surface area contributed by atoms with Crippen LogP contribution in [-0.2, 0) is 20.7 Å². The van der Waals surface area contributed by atoms with Gasteiger partial charge < -0.3 is 14.8 Å². The van der Waals surface area contributed by atoms with Crippen LogP contribution in [0.1, 0.15) is 18.9 Å². The molecule has 1 N–H and O–H groups in total. The lowest BCUT2D eigenvalue weighted by atomic mass is 10.2. The van der Waals surface area contributed by atoms with Crippen LogP contribution in [0.5, 0.6) is 5.75 Å². The Morgan fingerprint density at radius 1 is 1.24 bits per heavy atom. The van der Waals surface area contributed by atoms with Gasteiger partial charge >= 0.3 is 12.6 Å². The van der Waals surface area contributed by atoms with Crippen molar-refractivity contribution in [3.8, 4) is 5.75 Å². The second-order valence-corrected chi connectivity index (χ2v) is 5.91. The molecule has 0 saturated carbocycles. The fraction of sp³-hybridized carbons (Fsp3) is 0.294. The van der Waals surface area contributed by atoms with Crippen LogP contribution in [0.2, 0.25) is 0 Å². The van der Waals surface area contributed by atoms with E-state index in [4.69, 9.17) is 4.74 Å². The summed E-state index contributed by atoms with van der Waals surface area (Å²) in [6.07, 6.45) is -0.379. The van der Waals surface area contributed by atoms with Crippen molar-refractivity contribution in [2.24, 2.45) is 0 Å². The lowest BCUT2D eigenvalue weighted by Crippen LogP contribution is -2.30. The number of benzene rings is 1. The smallest absolute Gasteiger partial charge is 0.387 e. The summed E-state index contributed by atoms with van der Waals surface area (Å²) in [5.41, 5.74) is 1.10. The Hall–Kier alpha value is -2.48. The molecule has 0 radical (unpaired) electrons. The minimum atomic E-state index is -3.01. The van der Waals surface area contributed by atoms with Gasteiger partial charge in [0.05, 0.1) is 5.69 Å². The number of para-hydroxylation sites is 2. The molecule has 2 aromatic rings. The van der Waals surface area contributed by atoms with Crippen LogP contribution in [0.3, 0.4) is 0 Å². The molecule has 0 unspecified atom stereocenters. The fourth-order valence-corrected chi connectivity index (χ4v) is 2.70. The Kier molecular flexibility index (Phi) is 6.88. The second kappa shape index (κ2) is 9.12. The standard InChI is InChI=1S/C17H17F2NO4S/c1-11(23-15(21)7-6-12-8-9-25-10-12)16(22)20-13-4-2-3-5-14(13)24-17(18)19/h2-5,8-11,17H,6-7H2,1H3,(H,20,22)/t11-/m0/s1. The van der Waals surface area contributed by atoms with Gasteiger partial charge in [-0.15, -0.1) is 0 Å². The molecule has 8 heteroatoms. The number of carbonyl (C=O) groups is 2. The van der Waals surface area contributed by atoms with E-state index in [1.165, 1.54) is 36.5 Å². The number of halogens is 2. The van der Waals surface area contributed by atoms with Crippen LogP contribution in [0.15, 0.2) is 41.1 Å².